The van der Waals surface area contributed by atoms with Gasteiger partial charge in [0.05, 0.1) is 5.69 Å². The van der Waals surface area contributed by atoms with Gasteiger partial charge in [-0.2, -0.15) is 0 Å². The summed E-state index contributed by atoms with van der Waals surface area (Å²) in [6, 6.07) is 8.09. The van der Waals surface area contributed by atoms with Gasteiger partial charge in [-0.1, -0.05) is 0 Å². The number of fused-ring (bicyclic) bond motifs is 1. The van der Waals surface area contributed by atoms with Gasteiger partial charge < -0.3 is 15.2 Å². The first-order valence-corrected chi connectivity index (χ1v) is 6.78. The largest absolute Gasteiger partial charge is 0.454 e. The third-order valence-electron chi connectivity index (χ3n) is 3.88. The highest BCUT2D eigenvalue weighted by atomic mass is 16.7. The summed E-state index contributed by atoms with van der Waals surface area (Å²) in [6.07, 6.45) is 3.77. The second kappa shape index (κ2) is 4.45. The SMILES string of the molecule is NC1CC(c2nccc(-c3ccc4c(c3)OCO4)n2)C1. The topological polar surface area (TPSA) is 70.3 Å². The molecule has 2 N–H and O–H groups in total. The smallest absolute Gasteiger partial charge is 0.231 e. The van der Waals surface area contributed by atoms with Crippen molar-refractivity contribution in [3.05, 3.63) is 36.3 Å². The van der Waals surface area contributed by atoms with Crippen molar-refractivity contribution in [3.8, 4) is 22.8 Å². The summed E-state index contributed by atoms with van der Waals surface area (Å²) in [5, 5.41) is 0. The standard InChI is InChI=1S/C15H15N3O2/c16-11-5-10(6-11)15-17-4-3-12(18-15)9-1-2-13-14(7-9)20-8-19-13/h1-4,7,10-11H,5-6,8,16H2. The summed E-state index contributed by atoms with van der Waals surface area (Å²) >= 11 is 0. The number of hydrogen-bond acceptors (Lipinski definition) is 5. The van der Waals surface area contributed by atoms with Crippen LogP contribution in [0.4, 0.5) is 0 Å². The maximum Gasteiger partial charge on any atom is 0.231 e. The van der Waals surface area contributed by atoms with E-state index in [2.05, 4.69) is 9.97 Å². The third-order valence-corrected chi connectivity index (χ3v) is 3.88. The van der Waals surface area contributed by atoms with Crippen molar-refractivity contribution < 1.29 is 9.47 Å². The maximum absolute atomic E-state index is 5.83. The molecule has 1 saturated carbocycles. The number of nitrogens with two attached hydrogens (primary N) is 1. The maximum atomic E-state index is 5.83. The predicted octanol–water partition coefficient (Wildman–Crippen LogP) is 2.08. The number of rotatable bonds is 2. The molecule has 0 unspecified atom stereocenters. The molecular weight excluding hydrogens is 254 g/mol. The van der Waals surface area contributed by atoms with E-state index in [-0.39, 0.29) is 6.79 Å². The molecule has 1 fully saturated rings. The van der Waals surface area contributed by atoms with Crippen molar-refractivity contribution in [2.24, 2.45) is 5.73 Å². The van der Waals surface area contributed by atoms with Gasteiger partial charge in [0.1, 0.15) is 5.82 Å². The first kappa shape index (κ1) is 11.7. The third kappa shape index (κ3) is 1.91. The normalized spacial score (nSPS) is 23.4. The fourth-order valence-electron chi connectivity index (χ4n) is 2.66. The summed E-state index contributed by atoms with van der Waals surface area (Å²) in [5.74, 6) is 2.85. The molecule has 4 rings (SSSR count). The molecule has 20 heavy (non-hydrogen) atoms. The molecule has 102 valence electrons. The average Bonchev–Trinajstić information content (AvgIpc) is 2.91. The lowest BCUT2D eigenvalue weighted by atomic mass is 9.80. The lowest BCUT2D eigenvalue weighted by molar-refractivity contribution is 0.174. The molecule has 0 bridgehead atoms. The fraction of sp³-hybridized carbons (Fsp3) is 0.333. The van der Waals surface area contributed by atoms with Gasteiger partial charge in [0, 0.05) is 23.7 Å². The highest BCUT2D eigenvalue weighted by Crippen LogP contribution is 2.37. The van der Waals surface area contributed by atoms with Crippen molar-refractivity contribution in [2.75, 3.05) is 6.79 Å². The average molecular weight is 269 g/mol. The van der Waals surface area contributed by atoms with Crippen molar-refractivity contribution in [1.82, 2.24) is 9.97 Å². The summed E-state index contributed by atoms with van der Waals surface area (Å²) in [7, 11) is 0. The molecule has 1 aliphatic carbocycles. The first-order valence-electron chi connectivity index (χ1n) is 6.78. The lowest BCUT2D eigenvalue weighted by Crippen LogP contribution is -2.35. The van der Waals surface area contributed by atoms with Gasteiger partial charge in [-0.15, -0.1) is 0 Å². The monoisotopic (exact) mass is 269 g/mol. The zero-order chi connectivity index (χ0) is 13.5. The summed E-state index contributed by atoms with van der Waals surface area (Å²) in [4.78, 5) is 9.03. The van der Waals surface area contributed by atoms with Gasteiger partial charge in [-0.3, -0.25) is 0 Å². The van der Waals surface area contributed by atoms with Crippen molar-refractivity contribution in [2.45, 2.75) is 24.8 Å². The first-order chi connectivity index (χ1) is 9.79. The van der Waals surface area contributed by atoms with Crippen LogP contribution in [0.2, 0.25) is 0 Å². The van der Waals surface area contributed by atoms with Crippen LogP contribution < -0.4 is 15.2 Å². The van der Waals surface area contributed by atoms with Crippen molar-refractivity contribution in [3.63, 3.8) is 0 Å². The van der Waals surface area contributed by atoms with E-state index in [0.29, 0.717) is 12.0 Å². The number of nitrogens with zero attached hydrogens (tertiary/aromatic N) is 2. The number of aromatic nitrogens is 2. The number of benzene rings is 1. The Kier molecular flexibility index (Phi) is 2.60. The molecule has 1 aromatic heterocycles. The second-order valence-corrected chi connectivity index (χ2v) is 5.30. The van der Waals surface area contributed by atoms with Crippen LogP contribution in [0.5, 0.6) is 11.5 Å². The molecule has 0 radical (unpaired) electrons. The molecule has 1 aliphatic heterocycles. The molecular formula is C15H15N3O2. The van der Waals surface area contributed by atoms with Crippen LogP contribution in [0, 0.1) is 0 Å². The molecule has 2 heterocycles. The predicted molar refractivity (Wildman–Crippen MR) is 73.5 cm³/mol. The zero-order valence-electron chi connectivity index (χ0n) is 11.0. The van der Waals surface area contributed by atoms with Crippen LogP contribution in [0.3, 0.4) is 0 Å². The van der Waals surface area contributed by atoms with E-state index in [1.807, 2.05) is 30.5 Å². The van der Waals surface area contributed by atoms with Gasteiger partial charge in [-0.05, 0) is 37.1 Å². The van der Waals surface area contributed by atoms with Crippen molar-refractivity contribution >= 4 is 0 Å². The van der Waals surface area contributed by atoms with Gasteiger partial charge in [0.15, 0.2) is 11.5 Å². The molecule has 0 amide bonds. The Balaban J connectivity index is 1.66. The summed E-state index contributed by atoms with van der Waals surface area (Å²) in [5.41, 5.74) is 7.76. The van der Waals surface area contributed by atoms with Crippen molar-refractivity contribution in [1.29, 1.82) is 0 Å². The minimum Gasteiger partial charge on any atom is -0.454 e. The molecule has 0 spiro atoms. The summed E-state index contributed by atoms with van der Waals surface area (Å²) < 4.78 is 10.7. The van der Waals surface area contributed by atoms with Gasteiger partial charge >= 0.3 is 0 Å². The molecule has 0 atom stereocenters. The van der Waals surface area contributed by atoms with E-state index in [1.165, 1.54) is 0 Å². The van der Waals surface area contributed by atoms with Crippen LogP contribution >= 0.6 is 0 Å². The Morgan fingerprint density at radius 1 is 1.10 bits per heavy atom. The van der Waals surface area contributed by atoms with Crippen LogP contribution in [0.25, 0.3) is 11.3 Å². The molecule has 2 aliphatic rings. The van der Waals surface area contributed by atoms with E-state index in [0.717, 1.165) is 41.4 Å². The van der Waals surface area contributed by atoms with Crippen LogP contribution in [-0.4, -0.2) is 22.8 Å². The quantitative estimate of drug-likeness (QED) is 0.903. The molecule has 5 nitrogen and oxygen atoms in total. The van der Waals surface area contributed by atoms with E-state index >= 15 is 0 Å². The van der Waals surface area contributed by atoms with E-state index in [9.17, 15) is 0 Å². The molecule has 2 aromatic rings. The second-order valence-electron chi connectivity index (χ2n) is 5.30. The number of ether oxygens (including phenoxy) is 2. The Labute approximate surface area is 116 Å². The van der Waals surface area contributed by atoms with Gasteiger partial charge in [0.25, 0.3) is 0 Å². The fourth-order valence-corrected chi connectivity index (χ4v) is 2.66. The van der Waals surface area contributed by atoms with Crippen LogP contribution in [0.1, 0.15) is 24.6 Å². The van der Waals surface area contributed by atoms with Gasteiger partial charge in [0.2, 0.25) is 6.79 Å². The Morgan fingerprint density at radius 3 is 2.80 bits per heavy atom. The minimum atomic E-state index is 0.285. The van der Waals surface area contributed by atoms with Gasteiger partial charge in [-0.25, -0.2) is 9.97 Å². The van der Waals surface area contributed by atoms with E-state index in [4.69, 9.17) is 15.2 Å². The molecule has 5 heteroatoms. The summed E-state index contributed by atoms with van der Waals surface area (Å²) in [6.45, 7) is 0.285. The highest BCUT2D eigenvalue weighted by Gasteiger charge is 2.29. The van der Waals surface area contributed by atoms with Crippen LogP contribution in [-0.2, 0) is 0 Å². The van der Waals surface area contributed by atoms with E-state index in [1.54, 1.807) is 0 Å². The Bertz CT molecular complexity index is 653. The van der Waals surface area contributed by atoms with E-state index < -0.39 is 0 Å². The molecule has 0 saturated heterocycles. The Morgan fingerprint density at radius 2 is 1.95 bits per heavy atom. The van der Waals surface area contributed by atoms with Crippen LogP contribution in [0.15, 0.2) is 30.5 Å². The molecule has 1 aromatic carbocycles. The number of hydrogen-bond donors (Lipinski definition) is 1. The Hall–Kier alpha value is -2.14. The highest BCUT2D eigenvalue weighted by molar-refractivity contribution is 5.64. The minimum absolute atomic E-state index is 0.285. The zero-order valence-corrected chi connectivity index (χ0v) is 11.0. The lowest BCUT2D eigenvalue weighted by Gasteiger charge is -2.31.